The van der Waals surface area contributed by atoms with Crippen LogP contribution in [0.2, 0.25) is 0 Å². The van der Waals surface area contributed by atoms with Crippen molar-refractivity contribution in [1.82, 2.24) is 14.9 Å². The van der Waals surface area contributed by atoms with E-state index in [1.165, 1.54) is 11.3 Å². The van der Waals surface area contributed by atoms with Gasteiger partial charge in [0.25, 0.3) is 0 Å². The molecule has 25 heavy (non-hydrogen) atoms. The van der Waals surface area contributed by atoms with Crippen molar-refractivity contribution in [2.24, 2.45) is 0 Å². The van der Waals surface area contributed by atoms with Crippen LogP contribution in [0.25, 0.3) is 0 Å². The summed E-state index contributed by atoms with van der Waals surface area (Å²) in [6, 6.07) is 10.6. The number of para-hydroxylation sites is 1. The molecule has 1 saturated heterocycles. The standard InChI is InChI=1S/C19H23N5O/c1-15-13-16-5-2-3-6-17(16)24(15)14-18(25)22-9-11-23(12-10-22)19-20-7-4-8-21-19/h2-8,15H,9-14H2,1H3/t15-/m1/s1. The molecule has 2 aliphatic rings. The van der Waals surface area contributed by atoms with Gasteiger partial charge in [0, 0.05) is 50.3 Å². The van der Waals surface area contributed by atoms with E-state index in [1.54, 1.807) is 12.4 Å². The van der Waals surface area contributed by atoms with Crippen molar-refractivity contribution in [2.75, 3.05) is 42.5 Å². The zero-order valence-electron chi connectivity index (χ0n) is 14.5. The molecule has 1 fully saturated rings. The maximum absolute atomic E-state index is 12.8. The molecule has 1 atom stereocenters. The van der Waals surface area contributed by atoms with E-state index in [0.29, 0.717) is 12.6 Å². The lowest BCUT2D eigenvalue weighted by atomic mass is 10.1. The Kier molecular flexibility index (Phi) is 4.26. The molecule has 1 amide bonds. The molecule has 1 aromatic heterocycles. The Morgan fingerprint density at radius 3 is 2.56 bits per heavy atom. The van der Waals surface area contributed by atoms with Crippen LogP contribution in [0.3, 0.4) is 0 Å². The average molecular weight is 337 g/mol. The summed E-state index contributed by atoms with van der Waals surface area (Å²) in [5.74, 6) is 0.953. The fourth-order valence-electron chi connectivity index (χ4n) is 3.73. The molecule has 6 heteroatoms. The van der Waals surface area contributed by atoms with Gasteiger partial charge in [-0.3, -0.25) is 4.79 Å². The summed E-state index contributed by atoms with van der Waals surface area (Å²) in [6.45, 7) is 5.66. The third-order valence-corrected chi connectivity index (χ3v) is 5.12. The summed E-state index contributed by atoms with van der Waals surface area (Å²) < 4.78 is 0. The molecule has 0 saturated carbocycles. The van der Waals surface area contributed by atoms with Crippen LogP contribution in [0.1, 0.15) is 12.5 Å². The van der Waals surface area contributed by atoms with Crippen molar-refractivity contribution in [3.63, 3.8) is 0 Å². The van der Waals surface area contributed by atoms with Gasteiger partial charge in [-0.25, -0.2) is 9.97 Å². The second kappa shape index (κ2) is 6.70. The van der Waals surface area contributed by atoms with Crippen LogP contribution in [-0.2, 0) is 11.2 Å². The molecule has 6 nitrogen and oxygen atoms in total. The van der Waals surface area contributed by atoms with Crippen molar-refractivity contribution in [1.29, 1.82) is 0 Å². The number of anilines is 2. The highest BCUT2D eigenvalue weighted by molar-refractivity contribution is 5.83. The van der Waals surface area contributed by atoms with Gasteiger partial charge < -0.3 is 14.7 Å². The van der Waals surface area contributed by atoms with Crippen LogP contribution in [0.5, 0.6) is 0 Å². The minimum atomic E-state index is 0.206. The Morgan fingerprint density at radius 1 is 1.08 bits per heavy atom. The molecule has 0 aliphatic carbocycles. The Hall–Kier alpha value is -2.63. The first kappa shape index (κ1) is 15.9. The number of carbonyl (C=O) groups is 1. The number of carbonyl (C=O) groups excluding carboxylic acids is 1. The van der Waals surface area contributed by atoms with Crippen LogP contribution >= 0.6 is 0 Å². The van der Waals surface area contributed by atoms with E-state index in [1.807, 2.05) is 17.0 Å². The van der Waals surface area contributed by atoms with Gasteiger partial charge in [-0.1, -0.05) is 18.2 Å². The molecule has 0 N–H and O–H groups in total. The van der Waals surface area contributed by atoms with Crippen molar-refractivity contribution in [3.05, 3.63) is 48.3 Å². The second-order valence-electron chi connectivity index (χ2n) is 6.73. The quantitative estimate of drug-likeness (QED) is 0.851. The van der Waals surface area contributed by atoms with Crippen LogP contribution < -0.4 is 9.80 Å². The minimum absolute atomic E-state index is 0.206. The molecule has 1 aromatic carbocycles. The van der Waals surface area contributed by atoms with E-state index >= 15 is 0 Å². The molecule has 0 radical (unpaired) electrons. The fraction of sp³-hybridized carbons (Fsp3) is 0.421. The number of nitrogens with zero attached hydrogens (tertiary/aromatic N) is 5. The summed E-state index contributed by atoms with van der Waals surface area (Å²) in [5.41, 5.74) is 2.55. The van der Waals surface area contributed by atoms with Gasteiger partial charge in [-0.05, 0) is 31.0 Å². The molecule has 2 aliphatic heterocycles. The summed E-state index contributed by atoms with van der Waals surface area (Å²) >= 11 is 0. The minimum Gasteiger partial charge on any atom is -0.359 e. The molecule has 0 bridgehead atoms. The zero-order valence-corrected chi connectivity index (χ0v) is 14.5. The van der Waals surface area contributed by atoms with Crippen LogP contribution in [-0.4, -0.2) is 59.5 Å². The number of amides is 1. The Balaban J connectivity index is 1.37. The van der Waals surface area contributed by atoms with Crippen LogP contribution in [0.15, 0.2) is 42.7 Å². The first-order chi connectivity index (χ1) is 12.2. The maximum atomic E-state index is 12.8. The number of rotatable bonds is 3. The van der Waals surface area contributed by atoms with Crippen LogP contribution in [0.4, 0.5) is 11.6 Å². The summed E-state index contributed by atoms with van der Waals surface area (Å²) in [7, 11) is 0. The molecule has 2 aromatic rings. The smallest absolute Gasteiger partial charge is 0.242 e. The fourth-order valence-corrected chi connectivity index (χ4v) is 3.73. The molecule has 4 rings (SSSR count). The molecular formula is C19H23N5O. The monoisotopic (exact) mass is 337 g/mol. The summed E-state index contributed by atoms with van der Waals surface area (Å²) in [6.07, 6.45) is 4.53. The Labute approximate surface area is 148 Å². The van der Waals surface area contributed by atoms with E-state index in [2.05, 4.69) is 44.9 Å². The van der Waals surface area contributed by atoms with Gasteiger partial charge in [0.1, 0.15) is 0 Å². The van der Waals surface area contributed by atoms with Gasteiger partial charge in [-0.2, -0.15) is 0 Å². The number of benzene rings is 1. The summed E-state index contributed by atoms with van der Waals surface area (Å²) in [4.78, 5) is 27.7. The van der Waals surface area contributed by atoms with Crippen molar-refractivity contribution < 1.29 is 4.79 Å². The molecule has 0 unspecified atom stereocenters. The van der Waals surface area contributed by atoms with Gasteiger partial charge >= 0.3 is 0 Å². The third kappa shape index (κ3) is 3.16. The lowest BCUT2D eigenvalue weighted by Gasteiger charge is -2.36. The number of hydrogen-bond donors (Lipinski definition) is 0. The SMILES string of the molecule is C[C@@H]1Cc2ccccc2N1CC(=O)N1CCN(c2ncccn2)CC1. The lowest BCUT2D eigenvalue weighted by Crippen LogP contribution is -2.52. The van der Waals surface area contributed by atoms with Gasteiger partial charge in [0.05, 0.1) is 6.54 Å². The normalized spacial score (nSPS) is 19.9. The molecule has 130 valence electrons. The molecule has 3 heterocycles. The van der Waals surface area contributed by atoms with E-state index in [4.69, 9.17) is 0 Å². The number of fused-ring (bicyclic) bond motifs is 1. The average Bonchev–Trinajstić information content (AvgIpc) is 2.98. The first-order valence-electron chi connectivity index (χ1n) is 8.86. The highest BCUT2D eigenvalue weighted by Gasteiger charge is 2.30. The van der Waals surface area contributed by atoms with E-state index in [-0.39, 0.29) is 5.91 Å². The van der Waals surface area contributed by atoms with Crippen molar-refractivity contribution >= 4 is 17.5 Å². The van der Waals surface area contributed by atoms with E-state index in [9.17, 15) is 4.79 Å². The van der Waals surface area contributed by atoms with Crippen molar-refractivity contribution in [3.8, 4) is 0 Å². The van der Waals surface area contributed by atoms with Gasteiger partial charge in [0.2, 0.25) is 11.9 Å². The lowest BCUT2D eigenvalue weighted by molar-refractivity contribution is -0.130. The predicted octanol–water partition coefficient (Wildman–Crippen LogP) is 1.58. The van der Waals surface area contributed by atoms with Gasteiger partial charge in [-0.15, -0.1) is 0 Å². The number of piperazine rings is 1. The largest absolute Gasteiger partial charge is 0.359 e. The third-order valence-electron chi connectivity index (χ3n) is 5.12. The zero-order chi connectivity index (χ0) is 17.2. The van der Waals surface area contributed by atoms with Gasteiger partial charge in [0.15, 0.2) is 0 Å². The second-order valence-corrected chi connectivity index (χ2v) is 6.73. The van der Waals surface area contributed by atoms with E-state index < -0.39 is 0 Å². The number of aromatic nitrogens is 2. The maximum Gasteiger partial charge on any atom is 0.242 e. The Morgan fingerprint density at radius 2 is 1.80 bits per heavy atom. The number of hydrogen-bond acceptors (Lipinski definition) is 5. The van der Waals surface area contributed by atoms with Crippen molar-refractivity contribution in [2.45, 2.75) is 19.4 Å². The molecule has 0 spiro atoms. The highest BCUT2D eigenvalue weighted by Crippen LogP contribution is 2.31. The highest BCUT2D eigenvalue weighted by atomic mass is 16.2. The summed E-state index contributed by atoms with van der Waals surface area (Å²) in [5, 5.41) is 0. The molecular weight excluding hydrogens is 314 g/mol. The van der Waals surface area contributed by atoms with E-state index in [0.717, 1.165) is 38.5 Å². The first-order valence-corrected chi connectivity index (χ1v) is 8.86. The van der Waals surface area contributed by atoms with Crippen LogP contribution in [0, 0.1) is 0 Å². The predicted molar refractivity (Wildman–Crippen MR) is 97.8 cm³/mol. The Bertz CT molecular complexity index is 742. The topological polar surface area (TPSA) is 52.6 Å².